The van der Waals surface area contributed by atoms with Gasteiger partial charge in [-0.2, -0.15) is 0 Å². The van der Waals surface area contributed by atoms with Gasteiger partial charge in [-0.05, 0) is 34.2 Å². The normalized spacial score (nSPS) is 19.0. The molecule has 0 aliphatic carbocycles. The number of benzene rings is 3. The zero-order valence-corrected chi connectivity index (χ0v) is 15.9. The molecule has 1 aliphatic rings. The minimum atomic E-state index is -1.50. The molecular formula is C25H24O2. The van der Waals surface area contributed by atoms with E-state index in [0.717, 1.165) is 16.7 Å². The second-order valence-corrected chi connectivity index (χ2v) is 8.05. The van der Waals surface area contributed by atoms with Gasteiger partial charge in [-0.15, -0.1) is 0 Å². The Bertz CT molecular complexity index is 982. The van der Waals surface area contributed by atoms with Gasteiger partial charge in [0.2, 0.25) is 0 Å². The Labute approximate surface area is 160 Å². The third-order valence-corrected chi connectivity index (χ3v) is 5.01. The fourth-order valence-electron chi connectivity index (χ4n) is 3.44. The van der Waals surface area contributed by atoms with E-state index in [9.17, 15) is 5.11 Å². The van der Waals surface area contributed by atoms with Gasteiger partial charge in [0.25, 0.3) is 5.79 Å². The van der Waals surface area contributed by atoms with Gasteiger partial charge in [0.05, 0.1) is 0 Å². The van der Waals surface area contributed by atoms with Crippen molar-refractivity contribution in [2.75, 3.05) is 0 Å². The Morgan fingerprint density at radius 1 is 0.815 bits per heavy atom. The third-order valence-electron chi connectivity index (χ3n) is 5.01. The van der Waals surface area contributed by atoms with Crippen molar-refractivity contribution in [1.29, 1.82) is 0 Å². The topological polar surface area (TPSA) is 29.5 Å². The van der Waals surface area contributed by atoms with Gasteiger partial charge in [0, 0.05) is 17.2 Å². The standard InChI is InChI=1S/C25H24O2/c1-24(2,3)20-14-15-23-21(16-20)22(18-10-6-4-7-11-18)17-25(26,27-23)19-12-8-5-9-13-19/h4-17,26H,1-3H3. The van der Waals surface area contributed by atoms with E-state index in [1.54, 1.807) is 0 Å². The van der Waals surface area contributed by atoms with Gasteiger partial charge in [-0.25, -0.2) is 0 Å². The number of rotatable bonds is 2. The molecule has 2 nitrogen and oxygen atoms in total. The molecule has 0 fully saturated rings. The van der Waals surface area contributed by atoms with Crippen molar-refractivity contribution in [2.45, 2.75) is 32.0 Å². The molecule has 2 heteroatoms. The smallest absolute Gasteiger partial charge is 0.255 e. The number of ether oxygens (including phenoxy) is 1. The maximum Gasteiger partial charge on any atom is 0.255 e. The predicted octanol–water partition coefficient (Wildman–Crippen LogP) is 5.65. The van der Waals surface area contributed by atoms with E-state index in [1.807, 2.05) is 60.7 Å². The van der Waals surface area contributed by atoms with Crippen LogP contribution < -0.4 is 4.74 Å². The van der Waals surface area contributed by atoms with Crippen molar-refractivity contribution in [3.8, 4) is 5.75 Å². The summed E-state index contributed by atoms with van der Waals surface area (Å²) in [6.07, 6.45) is 1.83. The van der Waals surface area contributed by atoms with Crippen molar-refractivity contribution in [3.05, 3.63) is 107 Å². The van der Waals surface area contributed by atoms with Crippen LogP contribution in [-0.4, -0.2) is 5.11 Å². The average molecular weight is 356 g/mol. The monoisotopic (exact) mass is 356 g/mol. The quantitative estimate of drug-likeness (QED) is 0.642. The molecule has 1 heterocycles. The maximum atomic E-state index is 11.4. The van der Waals surface area contributed by atoms with Crippen molar-refractivity contribution in [2.24, 2.45) is 0 Å². The number of hydrogen-bond acceptors (Lipinski definition) is 2. The van der Waals surface area contributed by atoms with E-state index < -0.39 is 5.79 Å². The lowest BCUT2D eigenvalue weighted by Gasteiger charge is -2.34. The van der Waals surface area contributed by atoms with Crippen LogP contribution >= 0.6 is 0 Å². The van der Waals surface area contributed by atoms with E-state index >= 15 is 0 Å². The summed E-state index contributed by atoms with van der Waals surface area (Å²) >= 11 is 0. The SMILES string of the molecule is CC(C)(C)c1ccc2c(c1)C(c1ccccc1)=CC(O)(c1ccccc1)O2. The Balaban J connectivity index is 1.93. The lowest BCUT2D eigenvalue weighted by atomic mass is 9.83. The van der Waals surface area contributed by atoms with E-state index in [-0.39, 0.29) is 5.41 Å². The van der Waals surface area contributed by atoms with E-state index in [1.165, 1.54) is 5.56 Å². The Morgan fingerprint density at radius 3 is 2.07 bits per heavy atom. The first-order chi connectivity index (χ1) is 12.9. The second-order valence-electron chi connectivity index (χ2n) is 8.05. The summed E-state index contributed by atoms with van der Waals surface area (Å²) in [4.78, 5) is 0. The lowest BCUT2D eigenvalue weighted by molar-refractivity contribution is -0.103. The second kappa shape index (κ2) is 6.40. The zero-order chi connectivity index (χ0) is 19.1. The van der Waals surface area contributed by atoms with E-state index in [4.69, 9.17) is 4.74 Å². The summed E-state index contributed by atoms with van der Waals surface area (Å²) in [7, 11) is 0. The first-order valence-corrected chi connectivity index (χ1v) is 9.27. The molecular weight excluding hydrogens is 332 g/mol. The summed E-state index contributed by atoms with van der Waals surface area (Å²) in [5.74, 6) is -0.807. The molecule has 0 aromatic heterocycles. The van der Waals surface area contributed by atoms with Gasteiger partial charge in [-0.1, -0.05) is 87.5 Å². The minimum Gasteiger partial charge on any atom is -0.454 e. The average Bonchev–Trinajstić information content (AvgIpc) is 2.67. The molecule has 3 aromatic carbocycles. The molecule has 136 valence electrons. The van der Waals surface area contributed by atoms with Crippen LogP contribution in [-0.2, 0) is 11.2 Å². The van der Waals surface area contributed by atoms with Crippen molar-refractivity contribution < 1.29 is 9.84 Å². The molecule has 1 N–H and O–H groups in total. The van der Waals surface area contributed by atoms with Gasteiger partial charge in [0.1, 0.15) is 5.75 Å². The van der Waals surface area contributed by atoms with Crippen LogP contribution in [0.4, 0.5) is 0 Å². The molecule has 0 radical (unpaired) electrons. The highest BCUT2D eigenvalue weighted by Gasteiger charge is 2.36. The van der Waals surface area contributed by atoms with E-state index in [2.05, 4.69) is 45.0 Å². The molecule has 0 saturated heterocycles. The maximum absolute atomic E-state index is 11.4. The molecule has 4 rings (SSSR count). The first kappa shape index (κ1) is 17.6. The summed E-state index contributed by atoms with van der Waals surface area (Å²) in [6, 6.07) is 25.9. The molecule has 0 spiro atoms. The van der Waals surface area contributed by atoms with Crippen molar-refractivity contribution >= 4 is 5.57 Å². The Kier molecular flexibility index (Phi) is 4.16. The van der Waals surface area contributed by atoms with Crippen molar-refractivity contribution in [3.63, 3.8) is 0 Å². The molecule has 3 aromatic rings. The van der Waals surface area contributed by atoms with Crippen LogP contribution in [0.15, 0.2) is 84.9 Å². The fourth-order valence-corrected chi connectivity index (χ4v) is 3.44. The number of fused-ring (bicyclic) bond motifs is 1. The van der Waals surface area contributed by atoms with Crippen LogP contribution in [0.5, 0.6) is 5.75 Å². The lowest BCUT2D eigenvalue weighted by Crippen LogP contribution is -2.33. The number of hydrogen-bond donors (Lipinski definition) is 1. The highest BCUT2D eigenvalue weighted by molar-refractivity contribution is 5.85. The fraction of sp³-hybridized carbons (Fsp3) is 0.200. The molecule has 0 bridgehead atoms. The van der Waals surface area contributed by atoms with E-state index in [0.29, 0.717) is 11.3 Å². The predicted molar refractivity (Wildman–Crippen MR) is 110 cm³/mol. The van der Waals surface area contributed by atoms with Gasteiger partial charge in [-0.3, -0.25) is 0 Å². The highest BCUT2D eigenvalue weighted by Crippen LogP contribution is 2.43. The van der Waals surface area contributed by atoms with Crippen LogP contribution in [0.25, 0.3) is 5.57 Å². The van der Waals surface area contributed by atoms with Crippen LogP contribution in [0.1, 0.15) is 43.0 Å². The molecule has 1 aliphatic heterocycles. The molecule has 1 atom stereocenters. The van der Waals surface area contributed by atoms with Crippen LogP contribution in [0.2, 0.25) is 0 Å². The van der Waals surface area contributed by atoms with Crippen LogP contribution in [0.3, 0.4) is 0 Å². The largest absolute Gasteiger partial charge is 0.454 e. The van der Waals surface area contributed by atoms with Gasteiger partial charge < -0.3 is 9.84 Å². The Hall–Kier alpha value is -2.84. The molecule has 1 unspecified atom stereocenters. The summed E-state index contributed by atoms with van der Waals surface area (Å²) in [5.41, 5.74) is 5.02. The highest BCUT2D eigenvalue weighted by atomic mass is 16.6. The van der Waals surface area contributed by atoms with Crippen molar-refractivity contribution in [1.82, 2.24) is 0 Å². The van der Waals surface area contributed by atoms with Crippen LogP contribution in [0, 0.1) is 0 Å². The minimum absolute atomic E-state index is 0.0318. The Morgan fingerprint density at radius 2 is 1.44 bits per heavy atom. The first-order valence-electron chi connectivity index (χ1n) is 9.27. The molecule has 0 amide bonds. The van der Waals surface area contributed by atoms with Gasteiger partial charge in [0.15, 0.2) is 0 Å². The summed E-state index contributed by atoms with van der Waals surface area (Å²) in [5, 5.41) is 11.4. The third kappa shape index (κ3) is 3.29. The van der Waals surface area contributed by atoms with Gasteiger partial charge >= 0.3 is 0 Å². The molecule has 27 heavy (non-hydrogen) atoms. The summed E-state index contributed by atoms with van der Waals surface area (Å²) in [6.45, 7) is 6.60. The zero-order valence-electron chi connectivity index (χ0n) is 15.9. The summed E-state index contributed by atoms with van der Waals surface area (Å²) < 4.78 is 6.10. The molecule has 0 saturated carbocycles. The number of aliphatic hydroxyl groups is 1.